The topological polar surface area (TPSA) is 96.5 Å². The molecule has 1 unspecified atom stereocenters. The van der Waals surface area contributed by atoms with Gasteiger partial charge in [-0.25, -0.2) is 9.67 Å². The van der Waals surface area contributed by atoms with E-state index in [9.17, 15) is 4.79 Å². The Morgan fingerprint density at radius 1 is 1.45 bits per heavy atom. The molecule has 1 atom stereocenters. The number of ketones is 1. The molecule has 0 aliphatic heterocycles. The van der Waals surface area contributed by atoms with Gasteiger partial charge in [-0.05, 0) is 30.0 Å². The van der Waals surface area contributed by atoms with Crippen molar-refractivity contribution < 1.29 is 4.79 Å². The zero-order chi connectivity index (χ0) is 15.9. The summed E-state index contributed by atoms with van der Waals surface area (Å²) in [5, 5.41) is 8.41. The van der Waals surface area contributed by atoms with Crippen molar-refractivity contribution >= 4 is 5.78 Å². The van der Waals surface area contributed by atoms with Gasteiger partial charge in [0, 0.05) is 17.5 Å². The summed E-state index contributed by atoms with van der Waals surface area (Å²) in [6.45, 7) is 5.65. The van der Waals surface area contributed by atoms with E-state index < -0.39 is 11.5 Å². The number of hydrogen-bond acceptors (Lipinski definition) is 4. The smallest absolute Gasteiger partial charge is 0.167 e. The Bertz CT molecular complexity index is 786. The Morgan fingerprint density at radius 2 is 2.23 bits per heavy atom. The maximum Gasteiger partial charge on any atom is 0.167 e. The van der Waals surface area contributed by atoms with Gasteiger partial charge in [0.25, 0.3) is 0 Å². The summed E-state index contributed by atoms with van der Waals surface area (Å²) < 4.78 is 1.63. The molecular weight excluding hydrogens is 280 g/mol. The van der Waals surface area contributed by atoms with E-state index in [1.165, 1.54) is 0 Å². The number of carbonyl (C=O) groups excluding carboxylic acids is 1. The van der Waals surface area contributed by atoms with E-state index in [-0.39, 0.29) is 5.78 Å². The quantitative estimate of drug-likeness (QED) is 0.481. The lowest BCUT2D eigenvalue weighted by atomic mass is 9.72. The maximum absolute atomic E-state index is 12.5. The SMILES string of the molecule is Cc1nn(-c2ccccn2)c2c1C(=O)CC(C)(C)C2N=[N+]=[N-]. The molecule has 0 amide bonds. The van der Waals surface area contributed by atoms with Gasteiger partial charge >= 0.3 is 0 Å². The third-order valence-electron chi connectivity index (χ3n) is 4.02. The summed E-state index contributed by atoms with van der Waals surface area (Å²) in [6.07, 6.45) is 2.00. The van der Waals surface area contributed by atoms with Gasteiger partial charge in [-0.15, -0.1) is 0 Å². The Hall–Kier alpha value is -2.66. The minimum Gasteiger partial charge on any atom is -0.294 e. The molecule has 7 heteroatoms. The van der Waals surface area contributed by atoms with Crippen LogP contribution in [0.5, 0.6) is 0 Å². The highest BCUT2D eigenvalue weighted by molar-refractivity contribution is 6.00. The summed E-state index contributed by atoms with van der Waals surface area (Å²) in [5.41, 5.74) is 10.3. The molecule has 1 aliphatic carbocycles. The predicted molar refractivity (Wildman–Crippen MR) is 80.7 cm³/mol. The lowest BCUT2D eigenvalue weighted by Gasteiger charge is -2.35. The van der Waals surface area contributed by atoms with Crippen LogP contribution in [0.15, 0.2) is 29.5 Å². The second-order valence-electron chi connectivity index (χ2n) is 6.14. The molecule has 0 aromatic carbocycles. The summed E-state index contributed by atoms with van der Waals surface area (Å²) in [7, 11) is 0. The highest BCUT2D eigenvalue weighted by Gasteiger charge is 2.43. The minimum absolute atomic E-state index is 0.0315. The van der Waals surface area contributed by atoms with Gasteiger partial charge in [-0.2, -0.15) is 5.10 Å². The van der Waals surface area contributed by atoms with Crippen LogP contribution in [0.3, 0.4) is 0 Å². The fourth-order valence-corrected chi connectivity index (χ4v) is 3.03. The van der Waals surface area contributed by atoms with E-state index in [0.29, 0.717) is 29.2 Å². The number of carbonyl (C=O) groups is 1. The first-order valence-corrected chi connectivity index (χ1v) is 7.04. The molecule has 0 fully saturated rings. The van der Waals surface area contributed by atoms with E-state index in [1.807, 2.05) is 32.0 Å². The first-order chi connectivity index (χ1) is 10.5. The predicted octanol–water partition coefficient (Wildman–Crippen LogP) is 3.54. The zero-order valence-corrected chi connectivity index (χ0v) is 12.7. The van der Waals surface area contributed by atoms with Gasteiger partial charge in [-0.3, -0.25) is 4.79 Å². The fraction of sp³-hybridized carbons (Fsp3) is 0.400. The van der Waals surface area contributed by atoms with Crippen LogP contribution in [0.4, 0.5) is 0 Å². The van der Waals surface area contributed by atoms with Crippen LogP contribution in [-0.4, -0.2) is 20.5 Å². The number of aromatic nitrogens is 3. The van der Waals surface area contributed by atoms with Crippen molar-refractivity contribution in [1.82, 2.24) is 14.8 Å². The van der Waals surface area contributed by atoms with Gasteiger partial charge in [0.2, 0.25) is 0 Å². The summed E-state index contributed by atoms with van der Waals surface area (Å²) >= 11 is 0. The molecule has 22 heavy (non-hydrogen) atoms. The van der Waals surface area contributed by atoms with Crippen LogP contribution < -0.4 is 0 Å². The third kappa shape index (κ3) is 2.07. The standard InChI is InChI=1S/C15H16N6O/c1-9-12-10(22)8-15(2,3)14(18-20-16)13(12)21(19-9)11-6-4-5-7-17-11/h4-7,14H,8H2,1-3H3. The van der Waals surface area contributed by atoms with Crippen molar-refractivity contribution in [2.45, 2.75) is 33.2 Å². The van der Waals surface area contributed by atoms with Crippen LogP contribution in [0, 0.1) is 12.3 Å². The van der Waals surface area contributed by atoms with Crippen molar-refractivity contribution in [3.63, 3.8) is 0 Å². The molecule has 0 radical (unpaired) electrons. The summed E-state index contributed by atoms with van der Waals surface area (Å²) in [6, 6.07) is 5.01. The van der Waals surface area contributed by atoms with Crippen molar-refractivity contribution in [2.75, 3.05) is 0 Å². The number of azide groups is 1. The van der Waals surface area contributed by atoms with Crippen molar-refractivity contribution in [1.29, 1.82) is 0 Å². The second-order valence-corrected chi connectivity index (χ2v) is 6.14. The molecule has 3 rings (SSSR count). The van der Waals surface area contributed by atoms with Crippen LogP contribution in [0.1, 0.15) is 48.1 Å². The molecule has 2 heterocycles. The van der Waals surface area contributed by atoms with Gasteiger partial charge in [0.1, 0.15) is 0 Å². The lowest BCUT2D eigenvalue weighted by Crippen LogP contribution is -2.32. The Balaban J connectivity index is 2.32. The van der Waals surface area contributed by atoms with E-state index in [0.717, 1.165) is 0 Å². The Labute approximate surface area is 127 Å². The van der Waals surface area contributed by atoms with Crippen molar-refractivity contribution in [2.24, 2.45) is 10.5 Å². The second kappa shape index (κ2) is 4.96. The molecule has 112 valence electrons. The number of aryl methyl sites for hydroxylation is 1. The number of rotatable bonds is 2. The summed E-state index contributed by atoms with van der Waals surface area (Å²) in [4.78, 5) is 19.8. The normalized spacial score (nSPS) is 19.4. The highest BCUT2D eigenvalue weighted by Crippen LogP contribution is 2.47. The fourth-order valence-electron chi connectivity index (χ4n) is 3.03. The average molecular weight is 296 g/mol. The van der Waals surface area contributed by atoms with Crippen LogP contribution in [-0.2, 0) is 0 Å². The van der Waals surface area contributed by atoms with Crippen molar-refractivity contribution in [3.05, 3.63) is 51.8 Å². The van der Waals surface area contributed by atoms with Crippen LogP contribution in [0.2, 0.25) is 0 Å². The molecule has 0 N–H and O–H groups in total. The first-order valence-electron chi connectivity index (χ1n) is 7.04. The van der Waals surface area contributed by atoms with E-state index in [2.05, 4.69) is 20.1 Å². The van der Waals surface area contributed by atoms with E-state index in [1.54, 1.807) is 17.8 Å². The maximum atomic E-state index is 12.5. The van der Waals surface area contributed by atoms with E-state index >= 15 is 0 Å². The third-order valence-corrected chi connectivity index (χ3v) is 4.02. The minimum atomic E-state index is -0.464. The summed E-state index contributed by atoms with van der Waals surface area (Å²) in [5.74, 6) is 0.638. The molecule has 2 aromatic rings. The van der Waals surface area contributed by atoms with Gasteiger partial charge in [0.15, 0.2) is 11.6 Å². The van der Waals surface area contributed by atoms with Gasteiger partial charge in [-0.1, -0.05) is 25.0 Å². The molecular formula is C15H16N6O. The number of fused-ring (bicyclic) bond motifs is 1. The van der Waals surface area contributed by atoms with Gasteiger partial charge in [0.05, 0.1) is 23.0 Å². The monoisotopic (exact) mass is 296 g/mol. The van der Waals surface area contributed by atoms with E-state index in [4.69, 9.17) is 5.53 Å². The van der Waals surface area contributed by atoms with Gasteiger partial charge < -0.3 is 0 Å². The molecule has 0 saturated heterocycles. The molecule has 0 bridgehead atoms. The van der Waals surface area contributed by atoms with Crippen LogP contribution >= 0.6 is 0 Å². The Kier molecular flexibility index (Phi) is 3.22. The molecule has 7 nitrogen and oxygen atoms in total. The lowest BCUT2D eigenvalue weighted by molar-refractivity contribution is 0.0882. The largest absolute Gasteiger partial charge is 0.294 e. The zero-order valence-electron chi connectivity index (χ0n) is 12.7. The van der Waals surface area contributed by atoms with Crippen molar-refractivity contribution in [3.8, 4) is 5.82 Å². The molecule has 0 spiro atoms. The number of nitrogens with zero attached hydrogens (tertiary/aromatic N) is 6. The number of Topliss-reactive ketones (excluding diaryl/α,β-unsaturated/α-hetero) is 1. The Morgan fingerprint density at radius 3 is 2.86 bits per heavy atom. The molecule has 2 aromatic heterocycles. The number of pyridine rings is 1. The molecule has 0 saturated carbocycles. The highest BCUT2D eigenvalue weighted by atomic mass is 16.1. The molecule has 1 aliphatic rings. The van der Waals surface area contributed by atoms with Crippen LogP contribution in [0.25, 0.3) is 16.3 Å². The number of hydrogen-bond donors (Lipinski definition) is 0. The average Bonchev–Trinajstić information content (AvgIpc) is 2.81. The first kappa shape index (κ1) is 14.3.